The Balaban J connectivity index is 2.17. The van der Waals surface area contributed by atoms with Crippen LogP contribution in [0.1, 0.15) is 23.6 Å². The van der Waals surface area contributed by atoms with Crippen molar-refractivity contribution >= 4 is 21.6 Å². The number of anilines is 1. The first-order chi connectivity index (χ1) is 10.1. The van der Waals surface area contributed by atoms with Gasteiger partial charge in [-0.3, -0.25) is 0 Å². The minimum atomic E-state index is 0.912. The van der Waals surface area contributed by atoms with Crippen LogP contribution >= 0.6 is 15.9 Å². The topological polar surface area (TPSA) is 15.3 Å². The van der Waals surface area contributed by atoms with Crippen molar-refractivity contribution in [2.45, 2.75) is 26.9 Å². The number of aryl methyl sites for hydroxylation is 1. The van der Waals surface area contributed by atoms with E-state index in [9.17, 15) is 0 Å². The van der Waals surface area contributed by atoms with E-state index >= 15 is 0 Å². The van der Waals surface area contributed by atoms with Gasteiger partial charge in [0.25, 0.3) is 0 Å². The summed E-state index contributed by atoms with van der Waals surface area (Å²) in [5.74, 6) is 0. The van der Waals surface area contributed by atoms with Gasteiger partial charge in [-0.2, -0.15) is 0 Å². The van der Waals surface area contributed by atoms with Crippen molar-refractivity contribution in [3.63, 3.8) is 0 Å². The quantitative estimate of drug-likeness (QED) is 0.828. The molecule has 0 atom stereocenters. The van der Waals surface area contributed by atoms with Gasteiger partial charge in [0.1, 0.15) is 0 Å². The van der Waals surface area contributed by atoms with Gasteiger partial charge in [0.2, 0.25) is 0 Å². The normalized spacial score (nSPS) is 10.7. The Morgan fingerprint density at radius 1 is 1.10 bits per heavy atom. The van der Waals surface area contributed by atoms with Crippen molar-refractivity contribution in [1.29, 1.82) is 0 Å². The highest BCUT2D eigenvalue weighted by atomic mass is 79.9. The van der Waals surface area contributed by atoms with E-state index in [0.717, 1.165) is 24.1 Å². The van der Waals surface area contributed by atoms with Crippen LogP contribution in [0.15, 0.2) is 46.9 Å². The molecule has 0 fully saturated rings. The number of nitrogens with zero attached hydrogens (tertiary/aromatic N) is 1. The maximum atomic E-state index is 3.48. The molecule has 0 bridgehead atoms. The monoisotopic (exact) mass is 346 g/mol. The van der Waals surface area contributed by atoms with E-state index in [1.165, 1.54) is 22.4 Å². The van der Waals surface area contributed by atoms with Gasteiger partial charge in [0.15, 0.2) is 0 Å². The summed E-state index contributed by atoms with van der Waals surface area (Å²) in [6, 6.07) is 15.2. The molecule has 0 aliphatic heterocycles. The van der Waals surface area contributed by atoms with E-state index in [4.69, 9.17) is 0 Å². The fourth-order valence-corrected chi connectivity index (χ4v) is 2.70. The first-order valence-electron chi connectivity index (χ1n) is 7.36. The van der Waals surface area contributed by atoms with Crippen molar-refractivity contribution in [2.24, 2.45) is 0 Å². The van der Waals surface area contributed by atoms with Gasteiger partial charge in [-0.05, 0) is 42.8 Å². The summed E-state index contributed by atoms with van der Waals surface area (Å²) in [6.45, 7) is 7.10. The summed E-state index contributed by atoms with van der Waals surface area (Å²) in [7, 11) is 2.15. The number of halogens is 1. The minimum absolute atomic E-state index is 0.912. The Morgan fingerprint density at radius 2 is 1.81 bits per heavy atom. The molecule has 112 valence electrons. The van der Waals surface area contributed by atoms with Crippen LogP contribution in [0, 0.1) is 6.92 Å². The summed E-state index contributed by atoms with van der Waals surface area (Å²) in [6.07, 6.45) is 0. The van der Waals surface area contributed by atoms with Crippen molar-refractivity contribution in [3.8, 4) is 0 Å². The number of hydrogen-bond donors (Lipinski definition) is 1. The molecule has 0 unspecified atom stereocenters. The SMILES string of the molecule is CCNCc1cc(C)ccc1N(C)Cc1ccc(Br)cc1. The molecule has 2 aromatic carbocycles. The van der Waals surface area contributed by atoms with E-state index in [2.05, 4.69) is 89.5 Å². The molecule has 0 aliphatic rings. The highest BCUT2D eigenvalue weighted by molar-refractivity contribution is 9.10. The first-order valence-corrected chi connectivity index (χ1v) is 8.15. The van der Waals surface area contributed by atoms with E-state index in [0.29, 0.717) is 0 Å². The molecular weight excluding hydrogens is 324 g/mol. The van der Waals surface area contributed by atoms with Crippen LogP contribution in [0.3, 0.4) is 0 Å². The lowest BCUT2D eigenvalue weighted by Gasteiger charge is -2.23. The Labute approximate surface area is 136 Å². The zero-order chi connectivity index (χ0) is 15.2. The molecule has 0 aromatic heterocycles. The lowest BCUT2D eigenvalue weighted by molar-refractivity contribution is 0.722. The fraction of sp³-hybridized carbons (Fsp3) is 0.333. The Hall–Kier alpha value is -1.32. The van der Waals surface area contributed by atoms with Crippen LogP contribution in [-0.2, 0) is 13.1 Å². The molecule has 21 heavy (non-hydrogen) atoms. The molecule has 0 amide bonds. The van der Waals surface area contributed by atoms with Crippen molar-refractivity contribution in [2.75, 3.05) is 18.5 Å². The summed E-state index contributed by atoms with van der Waals surface area (Å²) >= 11 is 3.48. The summed E-state index contributed by atoms with van der Waals surface area (Å²) in [4.78, 5) is 2.31. The average molecular weight is 347 g/mol. The Morgan fingerprint density at radius 3 is 2.48 bits per heavy atom. The zero-order valence-corrected chi connectivity index (χ0v) is 14.6. The van der Waals surface area contributed by atoms with Crippen LogP contribution in [0.25, 0.3) is 0 Å². The van der Waals surface area contributed by atoms with Gasteiger partial charge in [-0.15, -0.1) is 0 Å². The second-order valence-corrected chi connectivity index (χ2v) is 6.31. The Bertz CT molecular complexity index is 578. The lowest BCUT2D eigenvalue weighted by Crippen LogP contribution is -2.20. The molecule has 0 radical (unpaired) electrons. The van der Waals surface area contributed by atoms with Gasteiger partial charge in [-0.1, -0.05) is 52.7 Å². The third-order valence-electron chi connectivity index (χ3n) is 3.54. The van der Waals surface area contributed by atoms with E-state index < -0.39 is 0 Å². The first kappa shape index (κ1) is 16.1. The lowest BCUT2D eigenvalue weighted by atomic mass is 10.1. The minimum Gasteiger partial charge on any atom is -0.370 e. The molecule has 2 nitrogen and oxygen atoms in total. The second kappa shape index (κ2) is 7.62. The smallest absolute Gasteiger partial charge is 0.0426 e. The van der Waals surface area contributed by atoms with Gasteiger partial charge in [0, 0.05) is 30.3 Å². The van der Waals surface area contributed by atoms with Crippen molar-refractivity contribution < 1.29 is 0 Å². The Kier molecular flexibility index (Phi) is 5.83. The van der Waals surface area contributed by atoms with Crippen molar-refractivity contribution in [1.82, 2.24) is 5.32 Å². The number of rotatable bonds is 6. The third kappa shape index (κ3) is 4.58. The van der Waals surface area contributed by atoms with E-state index in [1.54, 1.807) is 0 Å². The molecule has 2 aromatic rings. The molecule has 0 aliphatic carbocycles. The number of hydrogen-bond acceptors (Lipinski definition) is 2. The molecule has 0 saturated heterocycles. The van der Waals surface area contributed by atoms with Gasteiger partial charge in [-0.25, -0.2) is 0 Å². The maximum absolute atomic E-state index is 3.48. The van der Waals surface area contributed by atoms with E-state index in [-0.39, 0.29) is 0 Å². The van der Waals surface area contributed by atoms with Crippen LogP contribution in [0.4, 0.5) is 5.69 Å². The summed E-state index contributed by atoms with van der Waals surface area (Å²) in [5.41, 5.74) is 5.28. The summed E-state index contributed by atoms with van der Waals surface area (Å²) in [5, 5.41) is 3.43. The van der Waals surface area contributed by atoms with Gasteiger partial charge in [0.05, 0.1) is 0 Å². The molecule has 1 N–H and O–H groups in total. The molecule has 0 heterocycles. The highest BCUT2D eigenvalue weighted by Crippen LogP contribution is 2.23. The molecule has 0 saturated carbocycles. The largest absolute Gasteiger partial charge is 0.370 e. The van der Waals surface area contributed by atoms with Crippen LogP contribution in [0.5, 0.6) is 0 Å². The molecule has 0 spiro atoms. The van der Waals surface area contributed by atoms with Gasteiger partial charge < -0.3 is 10.2 Å². The molecule has 3 heteroatoms. The van der Waals surface area contributed by atoms with Crippen LogP contribution in [-0.4, -0.2) is 13.6 Å². The predicted octanol–water partition coefficient (Wildman–Crippen LogP) is 4.50. The van der Waals surface area contributed by atoms with Crippen LogP contribution < -0.4 is 10.2 Å². The highest BCUT2D eigenvalue weighted by Gasteiger charge is 2.08. The predicted molar refractivity (Wildman–Crippen MR) is 94.8 cm³/mol. The fourth-order valence-electron chi connectivity index (χ4n) is 2.44. The number of nitrogens with one attached hydrogen (secondary N) is 1. The van der Waals surface area contributed by atoms with E-state index in [1.807, 2.05) is 0 Å². The van der Waals surface area contributed by atoms with Crippen LogP contribution in [0.2, 0.25) is 0 Å². The second-order valence-electron chi connectivity index (χ2n) is 5.40. The number of benzene rings is 2. The standard InChI is InChI=1S/C18H23BrN2/c1-4-20-12-16-11-14(2)5-10-18(16)21(3)13-15-6-8-17(19)9-7-15/h5-11,20H,4,12-13H2,1-3H3. The zero-order valence-electron chi connectivity index (χ0n) is 13.0. The third-order valence-corrected chi connectivity index (χ3v) is 4.07. The average Bonchev–Trinajstić information content (AvgIpc) is 2.47. The summed E-state index contributed by atoms with van der Waals surface area (Å²) < 4.78 is 1.12. The molecule has 2 rings (SSSR count). The van der Waals surface area contributed by atoms with Crippen molar-refractivity contribution in [3.05, 3.63) is 63.6 Å². The van der Waals surface area contributed by atoms with Gasteiger partial charge >= 0.3 is 0 Å². The maximum Gasteiger partial charge on any atom is 0.0426 e. The molecular formula is C18H23BrN2.